The maximum absolute atomic E-state index is 12.2. The lowest BCUT2D eigenvalue weighted by atomic mass is 10.1. The Bertz CT molecular complexity index is 408. The first-order valence-electron chi connectivity index (χ1n) is 5.92. The molecule has 1 aromatic carbocycles. The average Bonchev–Trinajstić information content (AvgIpc) is 2.32. The van der Waals surface area contributed by atoms with Crippen molar-refractivity contribution >= 4 is 17.5 Å². The number of nitrogens with one attached hydrogen (secondary N) is 1. The summed E-state index contributed by atoms with van der Waals surface area (Å²) in [7, 11) is 0. The van der Waals surface area contributed by atoms with Crippen LogP contribution in [-0.2, 0) is 11.2 Å². The molecule has 1 N–H and O–H groups in total. The number of halogens is 1. The summed E-state index contributed by atoms with van der Waals surface area (Å²) in [6.07, 6.45) is 0.393. The smallest absolute Gasteiger partial charge is 0.227 e. The second-order valence-electron chi connectivity index (χ2n) is 4.41. The summed E-state index contributed by atoms with van der Waals surface area (Å²) in [5.41, 5.74) is 0.907. The molecule has 1 atom stereocenters. The van der Waals surface area contributed by atoms with Crippen LogP contribution in [0.5, 0.6) is 0 Å². The first-order chi connectivity index (χ1) is 8.18. The Balaban J connectivity index is 2.03. The zero-order chi connectivity index (χ0) is 12.3. The SMILES string of the molecule is C[C@@H]1CNCCN1C(=O)Cc1ccccc1Cl. The maximum Gasteiger partial charge on any atom is 0.227 e. The summed E-state index contributed by atoms with van der Waals surface area (Å²) >= 11 is 6.06. The van der Waals surface area contributed by atoms with Gasteiger partial charge in [0.25, 0.3) is 0 Å². The van der Waals surface area contributed by atoms with Crippen LogP contribution in [0.4, 0.5) is 0 Å². The van der Waals surface area contributed by atoms with Crippen molar-refractivity contribution in [3.8, 4) is 0 Å². The average molecular weight is 253 g/mol. The minimum atomic E-state index is 0.159. The van der Waals surface area contributed by atoms with Crippen LogP contribution >= 0.6 is 11.6 Å². The van der Waals surface area contributed by atoms with E-state index in [2.05, 4.69) is 12.2 Å². The van der Waals surface area contributed by atoms with E-state index < -0.39 is 0 Å². The van der Waals surface area contributed by atoms with Gasteiger partial charge in [-0.2, -0.15) is 0 Å². The molecule has 0 unspecified atom stereocenters. The number of piperazine rings is 1. The van der Waals surface area contributed by atoms with Gasteiger partial charge in [-0.1, -0.05) is 29.8 Å². The lowest BCUT2D eigenvalue weighted by molar-refractivity contribution is -0.133. The Morgan fingerprint density at radius 3 is 3.00 bits per heavy atom. The molecule has 3 nitrogen and oxygen atoms in total. The van der Waals surface area contributed by atoms with Gasteiger partial charge in [-0.25, -0.2) is 0 Å². The first-order valence-corrected chi connectivity index (χ1v) is 6.30. The van der Waals surface area contributed by atoms with Crippen LogP contribution in [0.15, 0.2) is 24.3 Å². The number of nitrogens with zero attached hydrogens (tertiary/aromatic N) is 1. The third kappa shape index (κ3) is 2.99. The molecule has 0 radical (unpaired) electrons. The lowest BCUT2D eigenvalue weighted by Gasteiger charge is -2.34. The summed E-state index contributed by atoms with van der Waals surface area (Å²) in [5.74, 6) is 0.159. The predicted molar refractivity (Wildman–Crippen MR) is 69.2 cm³/mol. The van der Waals surface area contributed by atoms with Crippen molar-refractivity contribution < 1.29 is 4.79 Å². The fourth-order valence-corrected chi connectivity index (χ4v) is 2.32. The van der Waals surface area contributed by atoms with Gasteiger partial charge in [0.1, 0.15) is 0 Å². The molecule has 2 rings (SSSR count). The fourth-order valence-electron chi connectivity index (χ4n) is 2.12. The molecule has 1 aromatic rings. The second kappa shape index (κ2) is 5.52. The Hall–Kier alpha value is -1.06. The van der Waals surface area contributed by atoms with E-state index in [1.54, 1.807) is 0 Å². The number of carbonyl (C=O) groups excluding carboxylic acids is 1. The molecule has 1 aliphatic rings. The van der Waals surface area contributed by atoms with E-state index in [9.17, 15) is 4.79 Å². The summed E-state index contributed by atoms with van der Waals surface area (Å²) in [5, 5.41) is 3.94. The number of hydrogen-bond donors (Lipinski definition) is 1. The Morgan fingerprint density at radius 2 is 2.29 bits per heavy atom. The molecule has 0 bridgehead atoms. The van der Waals surface area contributed by atoms with Gasteiger partial charge < -0.3 is 10.2 Å². The van der Waals surface area contributed by atoms with E-state index in [0.717, 1.165) is 25.2 Å². The maximum atomic E-state index is 12.2. The number of carbonyl (C=O) groups is 1. The number of benzene rings is 1. The zero-order valence-electron chi connectivity index (χ0n) is 9.95. The molecule has 1 fully saturated rings. The third-order valence-corrected chi connectivity index (χ3v) is 3.49. The van der Waals surface area contributed by atoms with Gasteiger partial charge >= 0.3 is 0 Å². The molecule has 1 aliphatic heterocycles. The van der Waals surface area contributed by atoms with Crippen molar-refractivity contribution in [2.24, 2.45) is 0 Å². The molecule has 4 heteroatoms. The topological polar surface area (TPSA) is 32.3 Å². The van der Waals surface area contributed by atoms with Crippen LogP contribution in [-0.4, -0.2) is 36.5 Å². The molecule has 1 amide bonds. The summed E-state index contributed by atoms with van der Waals surface area (Å²) in [6.45, 7) is 4.59. The van der Waals surface area contributed by atoms with Crippen LogP contribution in [0.3, 0.4) is 0 Å². The van der Waals surface area contributed by atoms with Crippen molar-refractivity contribution in [3.05, 3.63) is 34.9 Å². The largest absolute Gasteiger partial charge is 0.337 e. The highest BCUT2D eigenvalue weighted by Crippen LogP contribution is 2.17. The lowest BCUT2D eigenvalue weighted by Crippen LogP contribution is -2.52. The molecule has 0 spiro atoms. The molecular weight excluding hydrogens is 236 g/mol. The number of amides is 1. The van der Waals surface area contributed by atoms with Gasteiger partial charge in [0.15, 0.2) is 0 Å². The Kier molecular flexibility index (Phi) is 4.02. The van der Waals surface area contributed by atoms with Crippen molar-refractivity contribution in [3.63, 3.8) is 0 Å². The Morgan fingerprint density at radius 1 is 1.53 bits per heavy atom. The van der Waals surface area contributed by atoms with Crippen molar-refractivity contribution in [1.29, 1.82) is 0 Å². The molecule has 1 heterocycles. The quantitative estimate of drug-likeness (QED) is 0.869. The van der Waals surface area contributed by atoms with Gasteiger partial charge in [0, 0.05) is 30.7 Å². The van der Waals surface area contributed by atoms with Gasteiger partial charge in [-0.05, 0) is 18.6 Å². The first kappa shape index (κ1) is 12.4. The third-order valence-electron chi connectivity index (χ3n) is 3.12. The van der Waals surface area contributed by atoms with Crippen LogP contribution in [0.25, 0.3) is 0 Å². The van der Waals surface area contributed by atoms with Gasteiger partial charge in [0.05, 0.1) is 6.42 Å². The summed E-state index contributed by atoms with van der Waals surface area (Å²) < 4.78 is 0. The molecule has 0 aliphatic carbocycles. The van der Waals surface area contributed by atoms with Gasteiger partial charge in [-0.15, -0.1) is 0 Å². The monoisotopic (exact) mass is 252 g/mol. The molecule has 17 heavy (non-hydrogen) atoms. The van der Waals surface area contributed by atoms with Crippen LogP contribution < -0.4 is 5.32 Å². The van der Waals surface area contributed by atoms with E-state index in [4.69, 9.17) is 11.6 Å². The minimum Gasteiger partial charge on any atom is -0.337 e. The highest BCUT2D eigenvalue weighted by Gasteiger charge is 2.23. The molecule has 1 saturated heterocycles. The van der Waals surface area contributed by atoms with Crippen LogP contribution in [0, 0.1) is 0 Å². The highest BCUT2D eigenvalue weighted by atomic mass is 35.5. The highest BCUT2D eigenvalue weighted by molar-refractivity contribution is 6.31. The Labute approximate surface area is 107 Å². The fraction of sp³-hybridized carbons (Fsp3) is 0.462. The van der Waals surface area contributed by atoms with Gasteiger partial charge in [0.2, 0.25) is 5.91 Å². The normalized spacial score (nSPS) is 20.4. The van der Waals surface area contributed by atoms with Crippen molar-refractivity contribution in [2.45, 2.75) is 19.4 Å². The van der Waals surface area contributed by atoms with Crippen LogP contribution in [0.2, 0.25) is 5.02 Å². The molecule has 0 saturated carbocycles. The van der Waals surface area contributed by atoms with Crippen molar-refractivity contribution in [2.75, 3.05) is 19.6 Å². The summed E-state index contributed by atoms with van der Waals surface area (Å²) in [4.78, 5) is 14.1. The second-order valence-corrected chi connectivity index (χ2v) is 4.82. The van der Waals surface area contributed by atoms with Crippen LogP contribution in [0.1, 0.15) is 12.5 Å². The van der Waals surface area contributed by atoms with E-state index in [-0.39, 0.29) is 11.9 Å². The number of rotatable bonds is 2. The molecule has 92 valence electrons. The number of hydrogen-bond acceptors (Lipinski definition) is 2. The summed E-state index contributed by atoms with van der Waals surface area (Å²) in [6, 6.07) is 7.79. The van der Waals surface area contributed by atoms with Gasteiger partial charge in [-0.3, -0.25) is 4.79 Å². The molecule has 0 aromatic heterocycles. The molecular formula is C13H17ClN2O. The zero-order valence-corrected chi connectivity index (χ0v) is 10.7. The minimum absolute atomic E-state index is 0.159. The van der Waals surface area contributed by atoms with E-state index in [0.29, 0.717) is 11.4 Å². The predicted octanol–water partition coefficient (Wildman–Crippen LogP) is 1.70. The standard InChI is InChI=1S/C13H17ClN2O/c1-10-9-15-6-7-16(10)13(17)8-11-4-2-3-5-12(11)14/h2-5,10,15H,6-9H2,1H3/t10-/m1/s1. The van der Waals surface area contributed by atoms with E-state index in [1.807, 2.05) is 29.2 Å². The van der Waals surface area contributed by atoms with E-state index in [1.165, 1.54) is 0 Å². The van der Waals surface area contributed by atoms with Crippen molar-refractivity contribution in [1.82, 2.24) is 10.2 Å². The van der Waals surface area contributed by atoms with E-state index >= 15 is 0 Å².